The highest BCUT2D eigenvalue weighted by Gasteiger charge is 2.21. The van der Waals surface area contributed by atoms with Crippen molar-refractivity contribution >= 4 is 68.9 Å². The molecule has 27 heavy (non-hydrogen) atoms. The molecule has 4 N–H and O–H groups in total. The summed E-state index contributed by atoms with van der Waals surface area (Å²) in [6.45, 7) is -0.793. The van der Waals surface area contributed by atoms with Crippen LogP contribution in [0.1, 0.15) is 5.56 Å². The summed E-state index contributed by atoms with van der Waals surface area (Å²) in [4.78, 5) is 45.8. The number of carboxylic acid groups (broad SMARTS) is 1. The first-order valence-electron chi connectivity index (χ1n) is 7.75. The number of alkyl halides is 1. The second-order valence-electron chi connectivity index (χ2n) is 5.29. The summed E-state index contributed by atoms with van der Waals surface area (Å²) < 4.78 is 6.73. The first kappa shape index (κ1) is 23.6. The molecule has 0 heterocycles. The number of hydrogen-bond donors (Lipinski definition) is 4. The van der Waals surface area contributed by atoms with Gasteiger partial charge >= 0.3 is 5.97 Å². The van der Waals surface area contributed by atoms with Crippen molar-refractivity contribution in [3.63, 3.8) is 0 Å². The predicted octanol–water partition coefficient (Wildman–Crippen LogP) is 0.0446. The molecule has 11 heteroatoms. The van der Waals surface area contributed by atoms with Crippen LogP contribution in [-0.2, 0) is 30.5 Å². The third kappa shape index (κ3) is 10.4. The molecule has 0 aliphatic rings. The highest BCUT2D eigenvalue weighted by Crippen LogP contribution is 2.08. The quantitative estimate of drug-likeness (QED) is 0.209. The van der Waals surface area contributed by atoms with E-state index < -0.39 is 30.4 Å². The molecule has 3 amide bonds. The minimum Gasteiger partial charge on any atom is -0.480 e. The molecule has 0 fully saturated rings. The number of halogens is 2. The van der Waals surface area contributed by atoms with Crippen LogP contribution in [0.3, 0.4) is 0 Å². The molecule has 1 aromatic carbocycles. The first-order valence-corrected chi connectivity index (χ1v) is 10.4. The van der Waals surface area contributed by atoms with Crippen LogP contribution in [-0.4, -0.2) is 59.0 Å². The van der Waals surface area contributed by atoms with E-state index in [1.165, 1.54) is 0 Å². The zero-order valence-corrected chi connectivity index (χ0v) is 18.5. The molecule has 0 aliphatic heterocycles. The lowest BCUT2D eigenvalue weighted by atomic mass is 10.2. The second-order valence-corrected chi connectivity index (χ2v) is 7.30. The third-order valence-corrected chi connectivity index (χ3v) is 4.44. The van der Waals surface area contributed by atoms with Gasteiger partial charge in [0, 0.05) is 3.57 Å². The number of carboxylic acids is 1. The fourth-order valence-electron chi connectivity index (χ4n) is 1.86. The van der Waals surface area contributed by atoms with Crippen molar-refractivity contribution in [3.05, 3.63) is 33.4 Å². The minimum atomic E-state index is -1.21. The SMILES string of the molecule is O=C(O)CNC(=O)C(COCc1cccc(I)c1)NC(=O)CNC(=O)CI. The van der Waals surface area contributed by atoms with Crippen molar-refractivity contribution in [1.29, 1.82) is 0 Å². The van der Waals surface area contributed by atoms with Gasteiger partial charge in [-0.25, -0.2) is 0 Å². The molecule has 148 valence electrons. The normalized spacial score (nSPS) is 11.3. The van der Waals surface area contributed by atoms with Crippen molar-refractivity contribution in [1.82, 2.24) is 16.0 Å². The van der Waals surface area contributed by atoms with Gasteiger partial charge in [0.25, 0.3) is 0 Å². The van der Waals surface area contributed by atoms with E-state index in [9.17, 15) is 19.2 Å². The molecule has 0 aromatic heterocycles. The lowest BCUT2D eigenvalue weighted by molar-refractivity contribution is -0.138. The Hall–Kier alpha value is -1.48. The van der Waals surface area contributed by atoms with Gasteiger partial charge in [0.2, 0.25) is 17.7 Å². The highest BCUT2D eigenvalue weighted by molar-refractivity contribution is 14.1. The standard InChI is InChI=1S/C16H19I2N3O6/c17-5-13(22)19-6-14(23)21-12(16(26)20-7-15(24)25)9-27-8-10-2-1-3-11(18)4-10/h1-4,12H,5-9H2,(H,19,22)(H,20,26)(H,21,23)(H,24,25). The number of ether oxygens (including phenoxy) is 1. The second kappa shape index (κ2) is 12.8. The molecule has 0 saturated carbocycles. The summed E-state index contributed by atoms with van der Waals surface area (Å²) in [5.74, 6) is -2.79. The van der Waals surface area contributed by atoms with Gasteiger partial charge in [-0.2, -0.15) is 0 Å². The van der Waals surface area contributed by atoms with E-state index in [4.69, 9.17) is 9.84 Å². The molecule has 1 rings (SSSR count). The zero-order chi connectivity index (χ0) is 20.2. The van der Waals surface area contributed by atoms with Crippen molar-refractivity contribution in [2.45, 2.75) is 12.6 Å². The summed E-state index contributed by atoms with van der Waals surface area (Å²) in [6, 6.07) is 6.49. The van der Waals surface area contributed by atoms with Gasteiger partial charge in [-0.05, 0) is 40.3 Å². The Morgan fingerprint density at radius 2 is 1.85 bits per heavy atom. The zero-order valence-electron chi connectivity index (χ0n) is 14.2. The monoisotopic (exact) mass is 603 g/mol. The predicted molar refractivity (Wildman–Crippen MR) is 113 cm³/mol. The lowest BCUT2D eigenvalue weighted by Gasteiger charge is -2.18. The van der Waals surface area contributed by atoms with Crippen molar-refractivity contribution < 1.29 is 29.0 Å². The smallest absolute Gasteiger partial charge is 0.322 e. The van der Waals surface area contributed by atoms with Crippen LogP contribution in [0.25, 0.3) is 0 Å². The Morgan fingerprint density at radius 3 is 2.48 bits per heavy atom. The first-order chi connectivity index (χ1) is 12.8. The van der Waals surface area contributed by atoms with E-state index in [0.717, 1.165) is 9.13 Å². The number of rotatable bonds is 11. The van der Waals surface area contributed by atoms with Crippen LogP contribution >= 0.6 is 45.2 Å². The summed E-state index contributed by atoms with van der Waals surface area (Å²) in [5, 5.41) is 15.7. The van der Waals surface area contributed by atoms with Crippen LogP contribution in [0.5, 0.6) is 0 Å². The molecular formula is C16H19I2N3O6. The number of amides is 3. The van der Waals surface area contributed by atoms with Crippen molar-refractivity contribution in [3.8, 4) is 0 Å². The maximum atomic E-state index is 12.1. The molecule has 1 unspecified atom stereocenters. The largest absolute Gasteiger partial charge is 0.480 e. The van der Waals surface area contributed by atoms with Gasteiger partial charge in [0.1, 0.15) is 12.6 Å². The van der Waals surface area contributed by atoms with Gasteiger partial charge in [0.05, 0.1) is 24.2 Å². The van der Waals surface area contributed by atoms with Gasteiger partial charge in [0.15, 0.2) is 0 Å². The van der Waals surface area contributed by atoms with Crippen LogP contribution in [0, 0.1) is 3.57 Å². The molecular weight excluding hydrogens is 584 g/mol. The number of nitrogens with one attached hydrogen (secondary N) is 3. The molecule has 9 nitrogen and oxygen atoms in total. The van der Waals surface area contributed by atoms with Crippen LogP contribution < -0.4 is 16.0 Å². The molecule has 0 bridgehead atoms. The van der Waals surface area contributed by atoms with E-state index in [-0.39, 0.29) is 30.1 Å². The average molecular weight is 603 g/mol. The lowest BCUT2D eigenvalue weighted by Crippen LogP contribution is -2.52. The highest BCUT2D eigenvalue weighted by atomic mass is 127. The Balaban J connectivity index is 2.60. The van der Waals surface area contributed by atoms with Crippen LogP contribution in [0.4, 0.5) is 0 Å². The van der Waals surface area contributed by atoms with Gasteiger partial charge in [-0.1, -0.05) is 34.7 Å². The van der Waals surface area contributed by atoms with Gasteiger partial charge < -0.3 is 25.8 Å². The number of hydrogen-bond acceptors (Lipinski definition) is 5. The van der Waals surface area contributed by atoms with E-state index in [1.54, 1.807) is 0 Å². The van der Waals surface area contributed by atoms with E-state index >= 15 is 0 Å². The molecule has 0 radical (unpaired) electrons. The number of aliphatic carboxylic acids is 1. The van der Waals surface area contributed by atoms with Gasteiger partial charge in [-0.3, -0.25) is 19.2 Å². The van der Waals surface area contributed by atoms with Crippen molar-refractivity contribution in [2.75, 3.05) is 24.1 Å². The van der Waals surface area contributed by atoms with E-state index in [2.05, 4.69) is 38.5 Å². The Labute approximate surface area is 183 Å². The topological polar surface area (TPSA) is 134 Å². The fourth-order valence-corrected chi connectivity index (χ4v) is 2.74. The Kier molecular flexibility index (Phi) is 11.2. The molecule has 0 spiro atoms. The summed E-state index contributed by atoms with van der Waals surface area (Å²) in [6.07, 6.45) is 0. The summed E-state index contributed by atoms with van der Waals surface area (Å²) >= 11 is 4.02. The maximum absolute atomic E-state index is 12.1. The average Bonchev–Trinajstić information content (AvgIpc) is 2.63. The molecule has 0 saturated heterocycles. The summed E-state index contributed by atoms with van der Waals surface area (Å²) in [7, 11) is 0. The maximum Gasteiger partial charge on any atom is 0.322 e. The number of carbonyl (C=O) groups is 4. The van der Waals surface area contributed by atoms with Gasteiger partial charge in [-0.15, -0.1) is 0 Å². The molecule has 1 aromatic rings. The third-order valence-electron chi connectivity index (χ3n) is 3.08. The van der Waals surface area contributed by atoms with Crippen LogP contribution in [0.15, 0.2) is 24.3 Å². The van der Waals surface area contributed by atoms with E-state index in [1.807, 2.05) is 46.9 Å². The Morgan fingerprint density at radius 1 is 1.11 bits per heavy atom. The molecule has 0 aliphatic carbocycles. The Bertz CT molecular complexity index is 686. The fraction of sp³-hybridized carbons (Fsp3) is 0.375. The molecule has 1 atom stereocenters. The van der Waals surface area contributed by atoms with Crippen LogP contribution in [0.2, 0.25) is 0 Å². The van der Waals surface area contributed by atoms with E-state index in [0.29, 0.717) is 0 Å². The number of benzene rings is 1. The minimum absolute atomic E-state index is 0.150. The van der Waals surface area contributed by atoms with Crippen molar-refractivity contribution in [2.24, 2.45) is 0 Å². The number of carbonyl (C=O) groups excluding carboxylic acids is 3. The summed E-state index contributed by atoms with van der Waals surface area (Å²) in [5.41, 5.74) is 0.896.